The van der Waals surface area contributed by atoms with Gasteiger partial charge in [-0.3, -0.25) is 14.9 Å². The van der Waals surface area contributed by atoms with Gasteiger partial charge in [0.15, 0.2) is 11.5 Å². The molecular weight excluding hydrogens is 314 g/mol. The number of carboxylic acid groups (broad SMARTS) is 1. The van der Waals surface area contributed by atoms with E-state index < -0.39 is 16.8 Å². The van der Waals surface area contributed by atoms with E-state index in [0.29, 0.717) is 17.1 Å². The zero-order valence-corrected chi connectivity index (χ0v) is 13.3. The molecule has 0 spiro atoms. The number of nitrogens with zero attached hydrogens (tertiary/aromatic N) is 1. The SMILES string of the molecule is COc1ccc(CC(C(=O)O)c2ccc([N+](=O)[O-])cc2)cc1OC. The largest absolute Gasteiger partial charge is 0.493 e. The number of rotatable bonds is 7. The summed E-state index contributed by atoms with van der Waals surface area (Å²) in [6.45, 7) is 0. The number of nitro groups is 1. The lowest BCUT2D eigenvalue weighted by molar-refractivity contribution is -0.384. The summed E-state index contributed by atoms with van der Waals surface area (Å²) in [5, 5.41) is 20.2. The van der Waals surface area contributed by atoms with Gasteiger partial charge in [-0.05, 0) is 29.7 Å². The van der Waals surface area contributed by atoms with E-state index >= 15 is 0 Å². The molecule has 0 aliphatic rings. The third-order valence-electron chi connectivity index (χ3n) is 3.69. The van der Waals surface area contributed by atoms with E-state index in [1.165, 1.54) is 38.5 Å². The van der Waals surface area contributed by atoms with Gasteiger partial charge in [-0.2, -0.15) is 0 Å². The van der Waals surface area contributed by atoms with Crippen LogP contribution in [0.4, 0.5) is 5.69 Å². The average Bonchev–Trinajstić information content (AvgIpc) is 2.59. The van der Waals surface area contributed by atoms with Crippen LogP contribution in [0.2, 0.25) is 0 Å². The molecule has 2 aromatic carbocycles. The van der Waals surface area contributed by atoms with Crippen molar-refractivity contribution in [3.8, 4) is 11.5 Å². The van der Waals surface area contributed by atoms with Crippen molar-refractivity contribution in [1.29, 1.82) is 0 Å². The van der Waals surface area contributed by atoms with E-state index in [1.807, 2.05) is 0 Å². The van der Waals surface area contributed by atoms with Crippen LogP contribution >= 0.6 is 0 Å². The fourth-order valence-corrected chi connectivity index (χ4v) is 2.42. The van der Waals surface area contributed by atoms with Gasteiger partial charge in [0.2, 0.25) is 0 Å². The van der Waals surface area contributed by atoms with Crippen LogP contribution in [-0.4, -0.2) is 30.2 Å². The lowest BCUT2D eigenvalue weighted by atomic mass is 9.92. The molecule has 0 saturated heterocycles. The normalized spacial score (nSPS) is 11.6. The van der Waals surface area contributed by atoms with Crippen LogP contribution in [0.1, 0.15) is 17.0 Å². The molecule has 0 aliphatic heterocycles. The Bertz CT molecular complexity index is 741. The first-order chi connectivity index (χ1) is 11.5. The van der Waals surface area contributed by atoms with Gasteiger partial charge in [-0.25, -0.2) is 0 Å². The summed E-state index contributed by atoms with van der Waals surface area (Å²) in [4.78, 5) is 21.8. The Morgan fingerprint density at radius 2 is 1.75 bits per heavy atom. The van der Waals surface area contributed by atoms with Gasteiger partial charge in [0.1, 0.15) is 0 Å². The van der Waals surface area contributed by atoms with E-state index in [2.05, 4.69) is 0 Å². The molecule has 1 N–H and O–H groups in total. The fraction of sp³-hybridized carbons (Fsp3) is 0.235. The van der Waals surface area contributed by atoms with Gasteiger partial charge < -0.3 is 14.6 Å². The minimum absolute atomic E-state index is 0.0750. The second kappa shape index (κ2) is 7.45. The number of methoxy groups -OCH3 is 2. The summed E-state index contributed by atoms with van der Waals surface area (Å²) in [7, 11) is 3.03. The molecule has 0 fully saturated rings. The first-order valence-corrected chi connectivity index (χ1v) is 7.14. The van der Waals surface area contributed by atoms with E-state index in [-0.39, 0.29) is 12.1 Å². The van der Waals surface area contributed by atoms with E-state index in [1.54, 1.807) is 18.2 Å². The number of non-ortho nitro benzene ring substituents is 1. The highest BCUT2D eigenvalue weighted by Gasteiger charge is 2.22. The zero-order chi connectivity index (χ0) is 17.7. The summed E-state index contributed by atoms with van der Waals surface area (Å²) in [5.74, 6) is -0.742. The van der Waals surface area contributed by atoms with Gasteiger partial charge in [0.05, 0.1) is 25.1 Å². The summed E-state index contributed by atoms with van der Waals surface area (Å²) in [5.41, 5.74) is 1.19. The third kappa shape index (κ3) is 3.81. The molecule has 126 valence electrons. The number of hydrogen-bond donors (Lipinski definition) is 1. The Kier molecular flexibility index (Phi) is 5.36. The fourth-order valence-electron chi connectivity index (χ4n) is 2.42. The molecule has 1 atom stereocenters. The molecule has 0 radical (unpaired) electrons. The Balaban J connectivity index is 2.29. The number of ether oxygens (including phenoxy) is 2. The van der Waals surface area contributed by atoms with Crippen molar-refractivity contribution in [2.45, 2.75) is 12.3 Å². The third-order valence-corrected chi connectivity index (χ3v) is 3.69. The van der Waals surface area contributed by atoms with Crippen LogP contribution in [0.5, 0.6) is 11.5 Å². The summed E-state index contributed by atoms with van der Waals surface area (Å²) in [6.07, 6.45) is 0.230. The maximum Gasteiger partial charge on any atom is 0.311 e. The average molecular weight is 331 g/mol. The number of carboxylic acids is 1. The predicted molar refractivity (Wildman–Crippen MR) is 86.7 cm³/mol. The van der Waals surface area contributed by atoms with Crippen molar-refractivity contribution >= 4 is 11.7 Å². The van der Waals surface area contributed by atoms with Gasteiger partial charge >= 0.3 is 5.97 Å². The molecule has 0 aliphatic carbocycles. The zero-order valence-electron chi connectivity index (χ0n) is 13.3. The molecular formula is C17H17NO6. The number of hydrogen-bond acceptors (Lipinski definition) is 5. The number of nitro benzene ring substituents is 1. The van der Waals surface area contributed by atoms with E-state index in [4.69, 9.17) is 9.47 Å². The summed E-state index contributed by atoms with van der Waals surface area (Å²) >= 11 is 0. The Morgan fingerprint density at radius 1 is 1.12 bits per heavy atom. The highest BCUT2D eigenvalue weighted by atomic mass is 16.6. The van der Waals surface area contributed by atoms with Gasteiger partial charge in [-0.1, -0.05) is 18.2 Å². The van der Waals surface area contributed by atoms with Crippen LogP contribution in [0, 0.1) is 10.1 Å². The maximum absolute atomic E-state index is 11.6. The lowest BCUT2D eigenvalue weighted by Crippen LogP contribution is -2.14. The molecule has 0 heterocycles. The Hall–Kier alpha value is -3.09. The lowest BCUT2D eigenvalue weighted by Gasteiger charge is -2.14. The van der Waals surface area contributed by atoms with Crippen LogP contribution in [0.3, 0.4) is 0 Å². The standard InChI is InChI=1S/C17H17NO6/c1-23-15-8-3-11(10-16(15)24-2)9-14(17(19)20)12-4-6-13(7-5-12)18(21)22/h3-8,10,14H,9H2,1-2H3,(H,19,20). The molecule has 1 unspecified atom stereocenters. The van der Waals surface area contributed by atoms with Crippen molar-refractivity contribution in [1.82, 2.24) is 0 Å². The van der Waals surface area contributed by atoms with Crippen molar-refractivity contribution in [2.24, 2.45) is 0 Å². The minimum Gasteiger partial charge on any atom is -0.493 e. The smallest absolute Gasteiger partial charge is 0.311 e. The molecule has 7 heteroatoms. The quantitative estimate of drug-likeness (QED) is 0.618. The number of aliphatic carboxylic acids is 1. The maximum atomic E-state index is 11.6. The molecule has 0 amide bonds. The van der Waals surface area contributed by atoms with Gasteiger partial charge in [0.25, 0.3) is 5.69 Å². The van der Waals surface area contributed by atoms with Gasteiger partial charge in [-0.15, -0.1) is 0 Å². The van der Waals surface area contributed by atoms with Crippen molar-refractivity contribution in [3.63, 3.8) is 0 Å². The summed E-state index contributed by atoms with van der Waals surface area (Å²) < 4.78 is 10.4. The van der Waals surface area contributed by atoms with E-state index in [0.717, 1.165) is 5.56 Å². The molecule has 7 nitrogen and oxygen atoms in total. The van der Waals surface area contributed by atoms with Crippen molar-refractivity contribution in [3.05, 3.63) is 63.7 Å². The summed E-state index contributed by atoms with van der Waals surface area (Å²) in [6, 6.07) is 10.8. The second-order valence-electron chi connectivity index (χ2n) is 5.13. The highest BCUT2D eigenvalue weighted by molar-refractivity contribution is 5.76. The van der Waals surface area contributed by atoms with Crippen LogP contribution in [0.25, 0.3) is 0 Å². The molecule has 2 rings (SSSR count). The van der Waals surface area contributed by atoms with Gasteiger partial charge in [0, 0.05) is 12.1 Å². The molecule has 24 heavy (non-hydrogen) atoms. The van der Waals surface area contributed by atoms with E-state index in [9.17, 15) is 20.0 Å². The van der Waals surface area contributed by atoms with Crippen LogP contribution < -0.4 is 9.47 Å². The molecule has 0 aromatic heterocycles. The second-order valence-corrected chi connectivity index (χ2v) is 5.13. The number of benzene rings is 2. The van der Waals surface area contributed by atoms with Crippen molar-refractivity contribution in [2.75, 3.05) is 14.2 Å². The topological polar surface area (TPSA) is 98.9 Å². The highest BCUT2D eigenvalue weighted by Crippen LogP contribution is 2.30. The monoisotopic (exact) mass is 331 g/mol. The number of carbonyl (C=O) groups is 1. The first-order valence-electron chi connectivity index (χ1n) is 7.14. The molecule has 0 bridgehead atoms. The minimum atomic E-state index is -1.00. The molecule has 2 aromatic rings. The first kappa shape index (κ1) is 17.3. The Morgan fingerprint density at radius 3 is 2.25 bits per heavy atom. The predicted octanol–water partition coefficient (Wildman–Crippen LogP) is 3.02. The molecule has 0 saturated carbocycles. The van der Waals surface area contributed by atoms with Crippen LogP contribution in [-0.2, 0) is 11.2 Å². The van der Waals surface area contributed by atoms with Crippen molar-refractivity contribution < 1.29 is 24.3 Å². The van der Waals surface area contributed by atoms with Crippen LogP contribution in [0.15, 0.2) is 42.5 Å². The Labute approximate surface area is 138 Å².